The number of nitro benzene ring substituents is 1. The van der Waals surface area contributed by atoms with Crippen molar-refractivity contribution in [1.29, 1.82) is 0 Å². The zero-order valence-corrected chi connectivity index (χ0v) is 25.2. The SMILES string of the molecule is CC(O)C1C(=O)N2C(C(=O)O)=C(SC3CC(C(=O)Nc4ncccc4C(=O)O)N(C(=O)OCc4ccc([N+](=O)[O-])cc4)C3)C(C)[C@H]12. The third-order valence-electron chi connectivity index (χ3n) is 8.19. The lowest BCUT2D eigenvalue weighted by Gasteiger charge is -2.46. The van der Waals surface area contributed by atoms with E-state index in [4.69, 9.17) is 4.74 Å². The van der Waals surface area contributed by atoms with Crippen molar-refractivity contribution in [3.05, 3.63) is 74.4 Å². The van der Waals surface area contributed by atoms with Crippen LogP contribution in [0.4, 0.5) is 16.3 Å². The van der Waals surface area contributed by atoms with E-state index in [1.165, 1.54) is 54.4 Å². The van der Waals surface area contributed by atoms with E-state index in [1.54, 1.807) is 6.92 Å². The number of aliphatic hydroxyl groups is 1. The maximum Gasteiger partial charge on any atom is 0.410 e. The van der Waals surface area contributed by atoms with Crippen LogP contribution in [-0.2, 0) is 25.7 Å². The molecular weight excluding hydrogens is 626 g/mol. The number of thioether (sulfide) groups is 1. The van der Waals surface area contributed by atoms with Crippen molar-refractivity contribution in [1.82, 2.24) is 14.8 Å². The Labute approximate surface area is 265 Å². The number of carboxylic acids is 2. The maximum atomic E-state index is 13.5. The second-order valence-corrected chi connectivity index (χ2v) is 12.4. The van der Waals surface area contributed by atoms with Gasteiger partial charge in [-0.1, -0.05) is 6.92 Å². The second kappa shape index (κ2) is 12.8. The highest BCUT2D eigenvalue weighted by Crippen LogP contribution is 2.52. The molecule has 2 fully saturated rings. The first kappa shape index (κ1) is 32.4. The summed E-state index contributed by atoms with van der Waals surface area (Å²) in [5.41, 5.74) is -0.180. The molecule has 0 radical (unpaired) electrons. The molecule has 5 unspecified atom stereocenters. The molecule has 242 valence electrons. The van der Waals surface area contributed by atoms with Crippen molar-refractivity contribution >= 4 is 53.1 Å². The number of likely N-dealkylation sites (tertiary alicyclic amines) is 1. The fourth-order valence-electron chi connectivity index (χ4n) is 6.01. The number of nitro groups is 1. The number of carbonyl (C=O) groups excluding carboxylic acids is 3. The average Bonchev–Trinajstić information content (AvgIpc) is 3.53. The number of fused-ring (bicyclic) bond motifs is 1. The van der Waals surface area contributed by atoms with E-state index in [9.17, 15) is 49.4 Å². The lowest BCUT2D eigenvalue weighted by Crippen LogP contribution is -2.63. The number of carboxylic acid groups (broad SMARTS) is 2. The number of rotatable bonds is 10. The summed E-state index contributed by atoms with van der Waals surface area (Å²) in [4.78, 5) is 80.6. The Morgan fingerprint density at radius 3 is 2.48 bits per heavy atom. The van der Waals surface area contributed by atoms with Gasteiger partial charge in [-0.15, -0.1) is 11.8 Å². The van der Waals surface area contributed by atoms with Crippen molar-refractivity contribution in [3.8, 4) is 0 Å². The summed E-state index contributed by atoms with van der Waals surface area (Å²) >= 11 is 1.12. The van der Waals surface area contributed by atoms with Crippen LogP contribution < -0.4 is 5.32 Å². The highest BCUT2D eigenvalue weighted by molar-refractivity contribution is 8.03. The van der Waals surface area contributed by atoms with E-state index < -0.39 is 70.0 Å². The lowest BCUT2D eigenvalue weighted by atomic mass is 9.79. The minimum atomic E-state index is -1.33. The molecule has 0 saturated carbocycles. The van der Waals surface area contributed by atoms with Crippen LogP contribution >= 0.6 is 11.8 Å². The largest absolute Gasteiger partial charge is 0.478 e. The standard InChI is InChI=1S/C29H29N5O11S/c1-13-21-20(14(2)35)26(37)33(21)22(28(40)41)23(13)46-17-10-19(25(36)31-24-18(27(38)39)4-3-9-30-24)32(11-17)29(42)45-12-15-5-7-16(8-6-15)34(43)44/h3-9,13-14,17,19-21,35H,10-12H2,1-2H3,(H,38,39)(H,40,41)(H,30,31,36)/t13?,14?,17?,19?,20?,21-/m1/s1. The number of carbonyl (C=O) groups is 5. The first-order valence-electron chi connectivity index (χ1n) is 14.1. The Morgan fingerprint density at radius 1 is 1.17 bits per heavy atom. The molecule has 3 aliphatic rings. The third kappa shape index (κ3) is 5.97. The van der Waals surface area contributed by atoms with Gasteiger partial charge in [-0.2, -0.15) is 0 Å². The first-order chi connectivity index (χ1) is 21.8. The van der Waals surface area contributed by atoms with Gasteiger partial charge in [0.25, 0.3) is 5.69 Å². The molecule has 46 heavy (non-hydrogen) atoms. The van der Waals surface area contributed by atoms with Crippen LogP contribution in [0.3, 0.4) is 0 Å². The molecule has 16 nitrogen and oxygen atoms in total. The van der Waals surface area contributed by atoms with E-state index in [0.717, 1.165) is 16.7 Å². The van der Waals surface area contributed by atoms with Gasteiger partial charge in [0.15, 0.2) is 0 Å². The molecule has 6 atom stereocenters. The number of non-ortho nitro benzene ring substituents is 1. The molecule has 0 spiro atoms. The van der Waals surface area contributed by atoms with E-state index in [0.29, 0.717) is 10.5 Å². The van der Waals surface area contributed by atoms with E-state index in [1.807, 2.05) is 0 Å². The van der Waals surface area contributed by atoms with Crippen molar-refractivity contribution in [2.24, 2.45) is 11.8 Å². The van der Waals surface area contributed by atoms with Gasteiger partial charge >= 0.3 is 18.0 Å². The molecule has 0 bridgehead atoms. The van der Waals surface area contributed by atoms with Crippen LogP contribution in [0.5, 0.6) is 0 Å². The highest BCUT2D eigenvalue weighted by atomic mass is 32.2. The van der Waals surface area contributed by atoms with Gasteiger partial charge in [0.05, 0.1) is 23.0 Å². The Kier molecular flexibility index (Phi) is 8.98. The number of nitrogens with zero attached hydrogens (tertiary/aromatic N) is 4. The summed E-state index contributed by atoms with van der Waals surface area (Å²) in [6, 6.07) is 6.24. The molecule has 4 N–H and O–H groups in total. The summed E-state index contributed by atoms with van der Waals surface area (Å²) in [5, 5.41) is 42.5. The van der Waals surface area contributed by atoms with Gasteiger partial charge in [0, 0.05) is 40.9 Å². The summed E-state index contributed by atoms with van der Waals surface area (Å²) in [5.74, 6) is -5.35. The zero-order valence-electron chi connectivity index (χ0n) is 24.4. The van der Waals surface area contributed by atoms with Crippen LogP contribution in [-0.4, -0.2) is 94.9 Å². The van der Waals surface area contributed by atoms with Crippen LogP contribution in [0.1, 0.15) is 36.2 Å². The lowest BCUT2D eigenvalue weighted by molar-refractivity contribution is -0.384. The van der Waals surface area contributed by atoms with Crippen LogP contribution in [0.15, 0.2) is 53.2 Å². The molecule has 1 aromatic heterocycles. The van der Waals surface area contributed by atoms with Crippen molar-refractivity contribution in [3.63, 3.8) is 0 Å². The minimum absolute atomic E-state index is 0.0138. The predicted octanol–water partition coefficient (Wildman–Crippen LogP) is 2.29. The topological polar surface area (TPSA) is 230 Å². The summed E-state index contributed by atoms with van der Waals surface area (Å²) in [6.07, 6.45) is -0.585. The zero-order chi connectivity index (χ0) is 33.4. The number of aromatic nitrogens is 1. The Balaban J connectivity index is 1.38. The molecule has 17 heteroatoms. The molecule has 3 amide bonds. The molecule has 2 aromatic rings. The molecule has 0 aliphatic carbocycles. The Hall–Kier alpha value is -5.03. The Bertz CT molecular complexity index is 1650. The molecule has 3 aliphatic heterocycles. The smallest absolute Gasteiger partial charge is 0.410 e. The molecule has 4 heterocycles. The minimum Gasteiger partial charge on any atom is -0.478 e. The number of aliphatic hydroxyl groups excluding tert-OH is 1. The number of β-lactam (4-membered cyclic amide) rings is 1. The van der Waals surface area contributed by atoms with Crippen LogP contribution in [0, 0.1) is 22.0 Å². The molecule has 5 rings (SSSR count). The number of pyridine rings is 1. The molecule has 1 aromatic carbocycles. The number of amides is 3. The van der Waals surface area contributed by atoms with Gasteiger partial charge in [0.1, 0.15) is 29.7 Å². The van der Waals surface area contributed by atoms with Crippen molar-refractivity contribution < 1.29 is 49.0 Å². The van der Waals surface area contributed by atoms with E-state index >= 15 is 0 Å². The number of aliphatic carboxylic acids is 1. The number of benzene rings is 1. The number of hydrogen-bond donors (Lipinski definition) is 4. The molecular formula is C29H29N5O11S. The summed E-state index contributed by atoms with van der Waals surface area (Å²) in [7, 11) is 0. The van der Waals surface area contributed by atoms with Gasteiger partial charge in [-0.25, -0.2) is 19.4 Å². The van der Waals surface area contributed by atoms with Crippen molar-refractivity contribution in [2.45, 2.75) is 50.3 Å². The average molecular weight is 656 g/mol. The quantitative estimate of drug-likeness (QED) is 0.164. The van der Waals surface area contributed by atoms with Gasteiger partial charge in [0.2, 0.25) is 11.8 Å². The fourth-order valence-corrected chi connectivity index (χ4v) is 7.53. The summed E-state index contributed by atoms with van der Waals surface area (Å²) < 4.78 is 5.43. The number of aromatic carboxylic acids is 1. The van der Waals surface area contributed by atoms with E-state index in [-0.39, 0.29) is 42.3 Å². The second-order valence-electron chi connectivity index (χ2n) is 11.1. The number of ether oxygens (including phenoxy) is 1. The highest BCUT2D eigenvalue weighted by Gasteiger charge is 2.60. The van der Waals surface area contributed by atoms with Crippen molar-refractivity contribution in [2.75, 3.05) is 11.9 Å². The monoisotopic (exact) mass is 655 g/mol. The fraction of sp³-hybridized carbons (Fsp3) is 0.379. The number of anilines is 1. The number of nitrogens with one attached hydrogen (secondary N) is 1. The van der Waals surface area contributed by atoms with Gasteiger partial charge in [-0.05, 0) is 43.2 Å². The first-order valence-corrected chi connectivity index (χ1v) is 15.0. The summed E-state index contributed by atoms with van der Waals surface area (Å²) in [6.45, 7) is 2.88. The van der Waals surface area contributed by atoms with Gasteiger partial charge < -0.3 is 30.3 Å². The third-order valence-corrected chi connectivity index (χ3v) is 9.69. The molecule has 2 saturated heterocycles. The van der Waals surface area contributed by atoms with Gasteiger partial charge in [-0.3, -0.25) is 24.6 Å². The normalized spacial score (nSPS) is 24.2. The van der Waals surface area contributed by atoms with Crippen LogP contribution in [0.2, 0.25) is 0 Å². The predicted molar refractivity (Wildman–Crippen MR) is 159 cm³/mol. The number of hydrogen-bond acceptors (Lipinski definition) is 11. The van der Waals surface area contributed by atoms with E-state index in [2.05, 4.69) is 10.3 Å². The maximum absolute atomic E-state index is 13.5. The Morgan fingerprint density at radius 2 is 1.87 bits per heavy atom. The van der Waals surface area contributed by atoms with Crippen LogP contribution in [0.25, 0.3) is 0 Å².